The zero-order valence-corrected chi connectivity index (χ0v) is 15.1. The molecule has 1 aromatic carbocycles. The van der Waals surface area contributed by atoms with E-state index in [0.29, 0.717) is 22.1 Å². The van der Waals surface area contributed by atoms with Gasteiger partial charge in [-0.3, -0.25) is 4.79 Å². The number of amides is 1. The molecule has 0 saturated carbocycles. The monoisotopic (exact) mass is 383 g/mol. The van der Waals surface area contributed by atoms with E-state index in [0.717, 1.165) is 5.56 Å². The molecule has 27 heavy (non-hydrogen) atoms. The third-order valence-electron chi connectivity index (χ3n) is 4.20. The summed E-state index contributed by atoms with van der Waals surface area (Å²) in [5.41, 5.74) is -0.603. The molecule has 0 fully saturated rings. The lowest BCUT2D eigenvalue weighted by atomic mass is 9.98. The number of nitrogens with one attached hydrogen (secondary N) is 1. The Bertz CT molecular complexity index is 913. The molecule has 1 unspecified atom stereocenters. The number of aliphatic hydroxyl groups is 1. The van der Waals surface area contributed by atoms with Gasteiger partial charge in [-0.05, 0) is 47.4 Å². The van der Waals surface area contributed by atoms with E-state index in [2.05, 4.69) is 5.32 Å². The standard InChI is InChI=1S/C20H17NO5S/c22-19(8-6-14-5-7-15-16(11-14)26-13-25-15)21-12-20(23,17-3-1-9-24-17)18-4-2-10-27-18/h1-11,23H,12-13H2,(H,21,22)/b8-6+. The molecule has 138 valence electrons. The van der Waals surface area contributed by atoms with Crippen molar-refractivity contribution in [2.45, 2.75) is 5.60 Å². The maximum absolute atomic E-state index is 12.2. The number of carbonyl (C=O) groups is 1. The molecule has 1 aliphatic heterocycles. The molecule has 0 saturated heterocycles. The summed E-state index contributed by atoms with van der Waals surface area (Å²) in [6.45, 7) is 0.197. The minimum absolute atomic E-state index is 0.00859. The van der Waals surface area contributed by atoms with Gasteiger partial charge >= 0.3 is 0 Å². The lowest BCUT2D eigenvalue weighted by molar-refractivity contribution is -0.117. The van der Waals surface area contributed by atoms with Crippen LogP contribution in [0.5, 0.6) is 11.5 Å². The average Bonchev–Trinajstić information content (AvgIpc) is 3.45. The van der Waals surface area contributed by atoms with E-state index in [4.69, 9.17) is 13.9 Å². The fourth-order valence-electron chi connectivity index (χ4n) is 2.79. The SMILES string of the molecule is O=C(/C=C/c1ccc2c(c1)OCO2)NCC(O)(c1ccco1)c1cccs1. The third-order valence-corrected chi connectivity index (χ3v) is 5.22. The van der Waals surface area contributed by atoms with Crippen LogP contribution in [0, 0.1) is 0 Å². The van der Waals surface area contributed by atoms with Crippen molar-refractivity contribution < 1.29 is 23.8 Å². The van der Waals surface area contributed by atoms with Gasteiger partial charge in [0.25, 0.3) is 0 Å². The second-order valence-electron chi connectivity index (χ2n) is 5.98. The van der Waals surface area contributed by atoms with Crippen molar-refractivity contribution in [2.24, 2.45) is 0 Å². The summed E-state index contributed by atoms with van der Waals surface area (Å²) in [5, 5.41) is 15.7. The second kappa shape index (κ2) is 7.30. The number of fused-ring (bicyclic) bond motifs is 1. The fourth-order valence-corrected chi connectivity index (χ4v) is 3.61. The second-order valence-corrected chi connectivity index (χ2v) is 6.93. The first kappa shape index (κ1) is 17.4. The minimum Gasteiger partial charge on any atom is -0.466 e. The molecule has 1 amide bonds. The van der Waals surface area contributed by atoms with Crippen LogP contribution in [0.2, 0.25) is 0 Å². The number of rotatable bonds is 6. The molecule has 4 rings (SSSR count). The van der Waals surface area contributed by atoms with Crippen molar-refractivity contribution >= 4 is 23.3 Å². The van der Waals surface area contributed by atoms with Gasteiger partial charge in [-0.1, -0.05) is 12.1 Å². The van der Waals surface area contributed by atoms with Crippen LogP contribution in [0.15, 0.2) is 64.6 Å². The number of hydrogen-bond acceptors (Lipinski definition) is 6. The number of hydrogen-bond donors (Lipinski definition) is 2. The molecule has 0 bridgehead atoms. The Morgan fingerprint density at radius 1 is 1.22 bits per heavy atom. The van der Waals surface area contributed by atoms with Crippen LogP contribution in [-0.4, -0.2) is 24.4 Å². The topological polar surface area (TPSA) is 80.9 Å². The smallest absolute Gasteiger partial charge is 0.244 e. The maximum Gasteiger partial charge on any atom is 0.244 e. The highest BCUT2D eigenvalue weighted by Crippen LogP contribution is 2.33. The molecule has 1 atom stereocenters. The molecule has 1 aliphatic rings. The van der Waals surface area contributed by atoms with Gasteiger partial charge in [0.1, 0.15) is 5.76 Å². The summed E-state index contributed by atoms with van der Waals surface area (Å²) in [7, 11) is 0. The Labute approximate surface area is 159 Å². The number of thiophene rings is 1. The van der Waals surface area contributed by atoms with Gasteiger partial charge in [-0.15, -0.1) is 11.3 Å². The quantitative estimate of drug-likeness (QED) is 0.639. The molecule has 0 radical (unpaired) electrons. The Kier molecular flexibility index (Phi) is 4.70. The van der Waals surface area contributed by atoms with Crippen molar-refractivity contribution in [3.05, 3.63) is 76.4 Å². The first-order chi connectivity index (χ1) is 13.1. The predicted molar refractivity (Wildman–Crippen MR) is 101 cm³/mol. The van der Waals surface area contributed by atoms with Crippen molar-refractivity contribution in [3.8, 4) is 11.5 Å². The van der Waals surface area contributed by atoms with Crippen molar-refractivity contribution in [1.29, 1.82) is 0 Å². The molecule has 3 heterocycles. The van der Waals surface area contributed by atoms with E-state index in [1.165, 1.54) is 23.7 Å². The maximum atomic E-state index is 12.2. The van der Waals surface area contributed by atoms with Gasteiger partial charge in [0.05, 0.1) is 12.8 Å². The van der Waals surface area contributed by atoms with Crippen molar-refractivity contribution in [3.63, 3.8) is 0 Å². The highest BCUT2D eigenvalue weighted by Gasteiger charge is 2.35. The molecule has 3 aromatic rings. The van der Waals surface area contributed by atoms with Crippen molar-refractivity contribution in [2.75, 3.05) is 13.3 Å². The van der Waals surface area contributed by atoms with E-state index in [-0.39, 0.29) is 19.2 Å². The first-order valence-corrected chi connectivity index (χ1v) is 9.19. The van der Waals surface area contributed by atoms with Crippen LogP contribution < -0.4 is 14.8 Å². The van der Waals surface area contributed by atoms with Crippen LogP contribution in [0.3, 0.4) is 0 Å². The molecular formula is C20H17NO5S. The van der Waals surface area contributed by atoms with E-state index in [1.54, 1.807) is 30.3 Å². The molecule has 7 heteroatoms. The highest BCUT2D eigenvalue weighted by molar-refractivity contribution is 7.10. The van der Waals surface area contributed by atoms with E-state index in [1.807, 2.05) is 23.6 Å². The van der Waals surface area contributed by atoms with Crippen LogP contribution in [0.1, 0.15) is 16.2 Å². The Hall–Kier alpha value is -3.03. The number of ether oxygens (including phenoxy) is 2. The summed E-state index contributed by atoms with van der Waals surface area (Å²) < 4.78 is 16.0. The fraction of sp³-hybridized carbons (Fsp3) is 0.150. The molecule has 0 spiro atoms. The highest BCUT2D eigenvalue weighted by atomic mass is 32.1. The summed E-state index contributed by atoms with van der Waals surface area (Å²) in [6.07, 6.45) is 4.58. The van der Waals surface area contributed by atoms with Crippen LogP contribution in [0.4, 0.5) is 0 Å². The number of carbonyl (C=O) groups excluding carboxylic acids is 1. The van der Waals surface area contributed by atoms with Gasteiger partial charge < -0.3 is 24.3 Å². The van der Waals surface area contributed by atoms with Crippen LogP contribution >= 0.6 is 11.3 Å². The lowest BCUT2D eigenvalue weighted by Gasteiger charge is -2.24. The third kappa shape index (κ3) is 3.60. The summed E-state index contributed by atoms with van der Waals surface area (Å²) in [5.74, 6) is 1.40. The average molecular weight is 383 g/mol. The first-order valence-electron chi connectivity index (χ1n) is 8.31. The Balaban J connectivity index is 1.44. The van der Waals surface area contributed by atoms with Crippen LogP contribution in [-0.2, 0) is 10.4 Å². The number of benzene rings is 1. The van der Waals surface area contributed by atoms with Gasteiger partial charge in [0, 0.05) is 11.0 Å². The van der Waals surface area contributed by atoms with Gasteiger partial charge in [-0.25, -0.2) is 0 Å². The molecule has 0 aliphatic carbocycles. The van der Waals surface area contributed by atoms with Gasteiger partial charge in [0.15, 0.2) is 17.1 Å². The molecular weight excluding hydrogens is 366 g/mol. The number of furan rings is 1. The van der Waals surface area contributed by atoms with Crippen molar-refractivity contribution in [1.82, 2.24) is 5.32 Å². The molecule has 6 nitrogen and oxygen atoms in total. The summed E-state index contributed by atoms with van der Waals surface area (Å²) >= 11 is 1.40. The normalized spacial score (nSPS) is 15.0. The Morgan fingerprint density at radius 3 is 2.89 bits per heavy atom. The largest absolute Gasteiger partial charge is 0.466 e. The summed E-state index contributed by atoms with van der Waals surface area (Å²) in [4.78, 5) is 12.9. The van der Waals surface area contributed by atoms with E-state index < -0.39 is 5.60 Å². The summed E-state index contributed by atoms with van der Waals surface area (Å²) in [6, 6.07) is 12.5. The predicted octanol–water partition coefficient (Wildman–Crippen LogP) is 3.14. The lowest BCUT2D eigenvalue weighted by Crippen LogP contribution is -2.40. The zero-order chi connectivity index (χ0) is 18.7. The molecule has 2 aromatic heterocycles. The molecule has 2 N–H and O–H groups in total. The van der Waals surface area contributed by atoms with E-state index >= 15 is 0 Å². The van der Waals surface area contributed by atoms with E-state index in [9.17, 15) is 9.90 Å². The zero-order valence-electron chi connectivity index (χ0n) is 14.3. The van der Waals surface area contributed by atoms with Gasteiger partial charge in [-0.2, -0.15) is 0 Å². The Morgan fingerprint density at radius 2 is 2.11 bits per heavy atom. The van der Waals surface area contributed by atoms with Gasteiger partial charge in [0.2, 0.25) is 12.7 Å². The van der Waals surface area contributed by atoms with Crippen LogP contribution in [0.25, 0.3) is 6.08 Å². The minimum atomic E-state index is -1.42.